The number of likely N-dealkylation sites (N-methyl/N-ethyl adjacent to an activating group) is 1. The van der Waals surface area contributed by atoms with Gasteiger partial charge in [0, 0.05) is 50.7 Å². The summed E-state index contributed by atoms with van der Waals surface area (Å²) in [6, 6.07) is 23.2. The zero-order valence-corrected chi connectivity index (χ0v) is 28.3. The average molecular weight is 663 g/mol. The Morgan fingerprint density at radius 1 is 0.915 bits per heavy atom. The molecule has 0 aliphatic carbocycles. The summed E-state index contributed by atoms with van der Waals surface area (Å²) in [5.41, 5.74) is 2.62. The lowest BCUT2D eigenvalue weighted by Gasteiger charge is -2.40. The topological polar surface area (TPSA) is 90.0 Å². The summed E-state index contributed by atoms with van der Waals surface area (Å²) in [7, 11) is -3.27. The van der Waals surface area contributed by atoms with Gasteiger partial charge in [-0.1, -0.05) is 42.5 Å². The summed E-state index contributed by atoms with van der Waals surface area (Å²) in [4.78, 5) is 32.7. The molecular formula is C37H47FN4O4S. The molecule has 3 aromatic rings. The Kier molecular flexibility index (Phi) is 11.7. The van der Waals surface area contributed by atoms with E-state index in [0.717, 1.165) is 68.6 Å². The van der Waals surface area contributed by atoms with Crippen LogP contribution in [-0.4, -0.2) is 86.6 Å². The molecule has 2 fully saturated rings. The number of nitrogens with zero attached hydrogens (tertiary/aromatic N) is 3. The smallest absolute Gasteiger partial charge is 0.321 e. The average Bonchev–Trinajstić information content (AvgIpc) is 3.06. The second-order valence-corrected chi connectivity index (χ2v) is 14.9. The quantitative estimate of drug-likeness (QED) is 0.264. The van der Waals surface area contributed by atoms with Crippen LogP contribution in [-0.2, 0) is 21.1 Å². The van der Waals surface area contributed by atoms with Crippen LogP contribution in [0.2, 0.25) is 0 Å². The number of para-hydroxylation sites is 1. The van der Waals surface area contributed by atoms with Crippen LogP contribution in [0.25, 0.3) is 0 Å². The van der Waals surface area contributed by atoms with E-state index in [2.05, 4.69) is 10.2 Å². The Morgan fingerprint density at radius 3 is 2.21 bits per heavy atom. The molecule has 0 saturated carbocycles. The molecule has 3 amide bonds. The predicted octanol–water partition coefficient (Wildman–Crippen LogP) is 6.20. The molecule has 1 N–H and O–H groups in total. The molecule has 2 saturated heterocycles. The Balaban J connectivity index is 1.14. The highest BCUT2D eigenvalue weighted by Crippen LogP contribution is 2.36. The fourth-order valence-corrected chi connectivity index (χ4v) is 7.82. The van der Waals surface area contributed by atoms with Crippen molar-refractivity contribution in [3.63, 3.8) is 0 Å². The van der Waals surface area contributed by atoms with Gasteiger partial charge in [0.05, 0.1) is 11.3 Å². The van der Waals surface area contributed by atoms with Crippen molar-refractivity contribution in [2.45, 2.75) is 62.3 Å². The third-order valence-corrected chi connectivity index (χ3v) is 10.9. The number of anilines is 1. The van der Waals surface area contributed by atoms with Gasteiger partial charge in [-0.3, -0.25) is 4.79 Å². The number of hydrogen-bond donors (Lipinski definition) is 1. The van der Waals surface area contributed by atoms with E-state index >= 15 is 0 Å². The van der Waals surface area contributed by atoms with Gasteiger partial charge in [0.1, 0.15) is 5.82 Å². The van der Waals surface area contributed by atoms with E-state index in [-0.39, 0.29) is 41.0 Å². The number of urea groups is 1. The molecule has 0 aromatic heterocycles. The summed E-state index contributed by atoms with van der Waals surface area (Å²) in [5.74, 6) is 0.400. The van der Waals surface area contributed by atoms with Crippen molar-refractivity contribution in [1.82, 2.24) is 14.7 Å². The number of halogens is 1. The molecule has 5 rings (SSSR count). The normalized spacial score (nSPS) is 17.3. The molecule has 10 heteroatoms. The molecule has 47 heavy (non-hydrogen) atoms. The minimum Gasteiger partial charge on any atom is -0.340 e. The van der Waals surface area contributed by atoms with E-state index in [0.29, 0.717) is 25.6 Å². The number of sulfone groups is 1. The number of nitrogens with one attached hydrogen (secondary N) is 1. The van der Waals surface area contributed by atoms with Crippen LogP contribution in [0.15, 0.2) is 83.8 Å². The number of piperidine rings is 2. The van der Waals surface area contributed by atoms with Crippen LogP contribution in [0, 0.1) is 11.7 Å². The maximum atomic E-state index is 14.4. The van der Waals surface area contributed by atoms with Crippen LogP contribution < -0.4 is 5.32 Å². The molecule has 0 bridgehead atoms. The van der Waals surface area contributed by atoms with E-state index < -0.39 is 9.84 Å². The van der Waals surface area contributed by atoms with E-state index in [1.165, 1.54) is 12.3 Å². The lowest BCUT2D eigenvalue weighted by atomic mass is 9.78. The summed E-state index contributed by atoms with van der Waals surface area (Å²) >= 11 is 0. The van der Waals surface area contributed by atoms with Crippen LogP contribution in [0.4, 0.5) is 14.9 Å². The van der Waals surface area contributed by atoms with Gasteiger partial charge in [-0.15, -0.1) is 0 Å². The van der Waals surface area contributed by atoms with Crippen molar-refractivity contribution in [3.05, 3.63) is 95.8 Å². The first-order valence-electron chi connectivity index (χ1n) is 16.8. The maximum absolute atomic E-state index is 14.4. The molecule has 1 atom stereocenters. The Hall–Kier alpha value is -3.76. The standard InChI is InChI=1S/C37H47FN4O4S/c1-3-42(36(43)26-28-12-14-34(15-13-28)47(2,45)46)33-18-21-40(22-19-33)23-20-35(30-8-7-9-31(38)27-30)29-16-24-41(25-17-29)37(44)39-32-10-5-4-6-11-32/h4-15,27,29,33,35H,3,16-26H2,1-2H3,(H,39,44). The molecule has 0 spiro atoms. The molecule has 2 aliphatic heterocycles. The van der Waals surface area contributed by atoms with Crippen LogP contribution in [0.5, 0.6) is 0 Å². The number of carbonyl (C=O) groups excluding carboxylic acids is 2. The zero-order valence-electron chi connectivity index (χ0n) is 27.5. The van der Waals surface area contributed by atoms with Crippen molar-refractivity contribution in [2.75, 3.05) is 50.8 Å². The SMILES string of the molecule is CCN(C(=O)Cc1ccc(S(C)(=O)=O)cc1)C1CCN(CCC(c2cccc(F)c2)C2CCN(C(=O)Nc3ccccc3)CC2)CC1. The first-order chi connectivity index (χ1) is 22.6. The van der Waals surface area contributed by atoms with Gasteiger partial charge in [-0.05, 0) is 105 Å². The van der Waals surface area contributed by atoms with E-state index in [1.807, 2.05) is 53.1 Å². The summed E-state index contributed by atoms with van der Waals surface area (Å²) < 4.78 is 37.9. The second kappa shape index (κ2) is 15.9. The van der Waals surface area contributed by atoms with Gasteiger partial charge in [0.15, 0.2) is 9.84 Å². The first kappa shape index (κ1) is 34.6. The number of hydrogen-bond acceptors (Lipinski definition) is 5. The van der Waals surface area contributed by atoms with Crippen LogP contribution in [0.1, 0.15) is 56.1 Å². The molecule has 0 radical (unpaired) electrons. The molecule has 8 nitrogen and oxygen atoms in total. The number of carbonyl (C=O) groups is 2. The monoisotopic (exact) mass is 662 g/mol. The summed E-state index contributed by atoms with van der Waals surface area (Å²) in [5, 5.41) is 2.99. The molecule has 2 heterocycles. The second-order valence-electron chi connectivity index (χ2n) is 12.9. The van der Waals surface area contributed by atoms with E-state index in [1.54, 1.807) is 36.4 Å². The highest BCUT2D eigenvalue weighted by atomic mass is 32.2. The van der Waals surface area contributed by atoms with Gasteiger partial charge in [-0.2, -0.15) is 0 Å². The van der Waals surface area contributed by atoms with Gasteiger partial charge < -0.3 is 20.0 Å². The molecule has 252 valence electrons. The molecule has 1 unspecified atom stereocenters. The maximum Gasteiger partial charge on any atom is 0.321 e. The third kappa shape index (κ3) is 9.41. The van der Waals surface area contributed by atoms with Gasteiger partial charge in [-0.25, -0.2) is 17.6 Å². The van der Waals surface area contributed by atoms with Crippen molar-refractivity contribution >= 4 is 27.5 Å². The fraction of sp³-hybridized carbons (Fsp3) is 0.459. The van der Waals surface area contributed by atoms with Crippen molar-refractivity contribution in [3.8, 4) is 0 Å². The molecule has 3 aromatic carbocycles. The minimum atomic E-state index is -3.27. The zero-order chi connectivity index (χ0) is 33.4. The summed E-state index contributed by atoms with van der Waals surface area (Å²) in [6.45, 7) is 6.67. The number of benzene rings is 3. The van der Waals surface area contributed by atoms with Crippen molar-refractivity contribution in [2.24, 2.45) is 5.92 Å². The molecular weight excluding hydrogens is 615 g/mol. The Morgan fingerprint density at radius 2 is 1.60 bits per heavy atom. The fourth-order valence-electron chi connectivity index (χ4n) is 7.19. The number of amides is 3. The summed E-state index contributed by atoms with van der Waals surface area (Å²) in [6.07, 6.45) is 5.87. The first-order valence-corrected chi connectivity index (χ1v) is 18.7. The van der Waals surface area contributed by atoms with Crippen molar-refractivity contribution in [1.29, 1.82) is 0 Å². The van der Waals surface area contributed by atoms with Gasteiger partial charge >= 0.3 is 6.03 Å². The minimum absolute atomic E-state index is 0.0630. The number of likely N-dealkylation sites (tertiary alicyclic amines) is 2. The Bertz CT molecular complexity index is 1590. The number of rotatable bonds is 11. The molecule has 2 aliphatic rings. The highest BCUT2D eigenvalue weighted by molar-refractivity contribution is 7.90. The lowest BCUT2D eigenvalue weighted by Crippen LogP contribution is -2.48. The van der Waals surface area contributed by atoms with Crippen molar-refractivity contribution < 1.29 is 22.4 Å². The van der Waals surface area contributed by atoms with E-state index in [9.17, 15) is 22.4 Å². The van der Waals surface area contributed by atoms with Crippen LogP contribution in [0.3, 0.4) is 0 Å². The van der Waals surface area contributed by atoms with Gasteiger partial charge in [0.2, 0.25) is 5.91 Å². The Labute approximate surface area is 278 Å². The largest absolute Gasteiger partial charge is 0.340 e. The lowest BCUT2D eigenvalue weighted by molar-refractivity contribution is -0.133. The third-order valence-electron chi connectivity index (χ3n) is 9.82. The van der Waals surface area contributed by atoms with Crippen LogP contribution >= 0.6 is 0 Å². The van der Waals surface area contributed by atoms with E-state index in [4.69, 9.17) is 0 Å². The highest BCUT2D eigenvalue weighted by Gasteiger charge is 2.32. The van der Waals surface area contributed by atoms with Gasteiger partial charge in [0.25, 0.3) is 0 Å². The predicted molar refractivity (Wildman–Crippen MR) is 184 cm³/mol.